The van der Waals surface area contributed by atoms with Crippen LogP contribution in [0.5, 0.6) is 0 Å². The van der Waals surface area contributed by atoms with E-state index in [1.54, 1.807) is 0 Å². The van der Waals surface area contributed by atoms with Gasteiger partial charge in [-0.15, -0.1) is 6.58 Å². The summed E-state index contributed by atoms with van der Waals surface area (Å²) in [5.41, 5.74) is 13.6. The summed E-state index contributed by atoms with van der Waals surface area (Å²) < 4.78 is 27.4. The third-order valence-electron chi connectivity index (χ3n) is 5.71. The Kier molecular flexibility index (Phi) is 13.7. The summed E-state index contributed by atoms with van der Waals surface area (Å²) >= 11 is 0. The zero-order valence-electron chi connectivity index (χ0n) is 23.7. The van der Waals surface area contributed by atoms with E-state index < -0.39 is 50.4 Å². The molecule has 6 nitrogen and oxygen atoms in total. The maximum absolute atomic E-state index is 7.01. The van der Waals surface area contributed by atoms with Gasteiger partial charge in [0.25, 0.3) is 0 Å². The molecule has 0 aromatic heterocycles. The molecule has 0 aromatic carbocycles. The molecule has 0 radical (unpaired) electrons. The van der Waals surface area contributed by atoms with Gasteiger partial charge in [0, 0.05) is 6.55 Å². The lowest BCUT2D eigenvalue weighted by atomic mass is 10.5. The SMILES string of the molecule is C=C[Si](C)(C)O[Si](C)(C)CC[Si](C)(C)O[Si](C)(O[Si](C)(C)CCCN)O[Si](C)(C)CCCN. The second kappa shape index (κ2) is 13.4. The van der Waals surface area contributed by atoms with Crippen molar-refractivity contribution in [1.82, 2.24) is 0 Å². The van der Waals surface area contributed by atoms with Crippen molar-refractivity contribution in [3.8, 4) is 0 Å². The van der Waals surface area contributed by atoms with Crippen molar-refractivity contribution in [2.45, 2.75) is 109 Å². The van der Waals surface area contributed by atoms with Gasteiger partial charge in [0.2, 0.25) is 0 Å². The highest BCUT2D eigenvalue weighted by Gasteiger charge is 2.49. The van der Waals surface area contributed by atoms with Crippen molar-refractivity contribution < 1.29 is 16.5 Å². The highest BCUT2D eigenvalue weighted by atomic mass is 28.5. The van der Waals surface area contributed by atoms with E-state index in [4.69, 9.17) is 27.9 Å². The largest absolute Gasteiger partial charge is 0.466 e. The molecule has 0 spiro atoms. The van der Waals surface area contributed by atoms with Crippen molar-refractivity contribution in [2.24, 2.45) is 11.5 Å². The van der Waals surface area contributed by atoms with Gasteiger partial charge in [0.05, 0.1) is 0 Å². The molecule has 0 fully saturated rings. The first-order chi connectivity index (χ1) is 14.7. The Labute approximate surface area is 212 Å². The summed E-state index contributed by atoms with van der Waals surface area (Å²) in [7, 11) is -12.4. The van der Waals surface area contributed by atoms with Crippen molar-refractivity contribution in [2.75, 3.05) is 13.1 Å². The molecular formula is C21H56N2O4Si6. The fraction of sp³-hybridized carbons (Fsp3) is 0.905. The summed E-state index contributed by atoms with van der Waals surface area (Å²) in [5.74, 6) is 0. The van der Waals surface area contributed by atoms with Crippen LogP contribution in [0, 0.1) is 0 Å². The highest BCUT2D eigenvalue weighted by molar-refractivity contribution is 6.91. The lowest BCUT2D eigenvalue weighted by Gasteiger charge is -2.44. The molecular weight excluding hydrogens is 513 g/mol. The van der Waals surface area contributed by atoms with E-state index in [1.165, 1.54) is 0 Å². The van der Waals surface area contributed by atoms with Gasteiger partial charge in [-0.1, -0.05) is 5.70 Å². The standard InChI is InChI=1S/C21H56N2O4Si6/c1-13-28(2,3)24-31(8,9)20-21-32(10,11)27-33(12,25-29(4,5)18-14-16-22)26-30(6,7)19-15-17-23/h13H,1,14-23H2,2-12H3. The maximum Gasteiger partial charge on any atom is 0.466 e. The summed E-state index contributed by atoms with van der Waals surface area (Å²) in [6.45, 7) is 30.3. The normalized spacial score (nSPS) is 14.6. The number of rotatable bonds is 18. The van der Waals surface area contributed by atoms with E-state index in [9.17, 15) is 0 Å². The minimum atomic E-state index is -2.84. The summed E-state index contributed by atoms with van der Waals surface area (Å²) in [5, 5.41) is 0. The van der Waals surface area contributed by atoms with Crippen LogP contribution in [0.25, 0.3) is 0 Å². The molecule has 0 aromatic rings. The first-order valence-corrected chi connectivity index (χ1v) is 30.2. The third kappa shape index (κ3) is 15.5. The Balaban J connectivity index is 5.59. The number of nitrogens with two attached hydrogens (primary N) is 2. The van der Waals surface area contributed by atoms with Gasteiger partial charge in [-0.3, -0.25) is 0 Å². The van der Waals surface area contributed by atoms with Crippen LogP contribution in [0.2, 0.25) is 96.2 Å². The van der Waals surface area contributed by atoms with E-state index in [1.807, 2.05) is 5.70 Å². The third-order valence-corrected chi connectivity index (χ3v) is 28.6. The molecule has 0 rings (SSSR count). The van der Waals surface area contributed by atoms with Crippen molar-refractivity contribution in [3.05, 3.63) is 12.3 Å². The van der Waals surface area contributed by atoms with E-state index in [0.29, 0.717) is 13.1 Å². The molecule has 0 aliphatic heterocycles. The van der Waals surface area contributed by atoms with Crippen LogP contribution in [0.4, 0.5) is 0 Å². The smallest absolute Gasteiger partial charge is 0.453 e. The van der Waals surface area contributed by atoms with Crippen molar-refractivity contribution in [3.63, 3.8) is 0 Å². The molecule has 198 valence electrons. The molecule has 0 amide bonds. The molecule has 0 atom stereocenters. The predicted molar refractivity (Wildman–Crippen MR) is 160 cm³/mol. The van der Waals surface area contributed by atoms with Gasteiger partial charge in [-0.2, -0.15) is 0 Å². The van der Waals surface area contributed by atoms with Gasteiger partial charge in [-0.25, -0.2) is 0 Å². The molecule has 0 unspecified atom stereocenters. The van der Waals surface area contributed by atoms with Gasteiger partial charge >= 0.3 is 8.80 Å². The van der Waals surface area contributed by atoms with Crippen LogP contribution in [0.1, 0.15) is 12.8 Å². The van der Waals surface area contributed by atoms with Crippen LogP contribution in [0.3, 0.4) is 0 Å². The van der Waals surface area contributed by atoms with Crippen LogP contribution in [-0.4, -0.2) is 63.5 Å². The second-order valence-corrected chi connectivity index (χ2v) is 37.1. The van der Waals surface area contributed by atoms with Crippen LogP contribution in [-0.2, 0) is 16.5 Å². The first kappa shape index (κ1) is 33.8. The Morgan fingerprint density at radius 2 is 0.848 bits per heavy atom. The molecule has 4 N–H and O–H groups in total. The van der Waals surface area contributed by atoms with Gasteiger partial charge in [0.15, 0.2) is 41.6 Å². The topological polar surface area (TPSA) is 89.0 Å². The fourth-order valence-corrected chi connectivity index (χ4v) is 32.4. The molecule has 0 aliphatic carbocycles. The summed E-state index contributed by atoms with van der Waals surface area (Å²) in [6, 6.07) is 4.20. The Hall–Kier alpha value is 0.801. The maximum atomic E-state index is 7.01. The second-order valence-electron chi connectivity index (χ2n) is 12.4. The predicted octanol–water partition coefficient (Wildman–Crippen LogP) is 6.07. The summed E-state index contributed by atoms with van der Waals surface area (Å²) in [6.07, 6.45) is 1.97. The van der Waals surface area contributed by atoms with Gasteiger partial charge < -0.3 is 27.9 Å². The molecule has 0 heterocycles. The minimum absolute atomic E-state index is 0.695. The molecule has 12 heteroatoms. The zero-order chi connectivity index (χ0) is 26.2. The first-order valence-electron chi connectivity index (χ1n) is 12.6. The Bertz CT molecular complexity index is 581. The minimum Gasteiger partial charge on any atom is -0.453 e. The van der Waals surface area contributed by atoms with Gasteiger partial charge in [0.1, 0.15) is 0 Å². The highest BCUT2D eigenvalue weighted by Crippen LogP contribution is 2.32. The lowest BCUT2D eigenvalue weighted by molar-refractivity contribution is 0.257. The zero-order valence-corrected chi connectivity index (χ0v) is 29.7. The lowest BCUT2D eigenvalue weighted by Crippen LogP contribution is -2.60. The molecule has 33 heavy (non-hydrogen) atoms. The average molecular weight is 569 g/mol. The van der Waals surface area contributed by atoms with E-state index in [2.05, 4.69) is 78.6 Å². The monoisotopic (exact) mass is 568 g/mol. The average Bonchev–Trinajstić information content (AvgIpc) is 2.61. The van der Waals surface area contributed by atoms with Crippen molar-refractivity contribution >= 4 is 50.4 Å². The Morgan fingerprint density at radius 1 is 0.545 bits per heavy atom. The summed E-state index contributed by atoms with van der Waals surface area (Å²) in [4.78, 5) is 0. The van der Waals surface area contributed by atoms with Crippen LogP contribution in [0.15, 0.2) is 12.3 Å². The molecule has 0 bridgehead atoms. The molecule has 0 aliphatic rings. The Morgan fingerprint density at radius 3 is 1.15 bits per heavy atom. The van der Waals surface area contributed by atoms with E-state index in [0.717, 1.165) is 37.0 Å². The van der Waals surface area contributed by atoms with Crippen LogP contribution < -0.4 is 11.5 Å². The number of hydrogen-bond acceptors (Lipinski definition) is 6. The molecule has 0 saturated carbocycles. The fourth-order valence-electron chi connectivity index (χ4n) is 4.18. The number of hydrogen-bond donors (Lipinski definition) is 2. The van der Waals surface area contributed by atoms with Gasteiger partial charge in [-0.05, 0) is 116 Å². The van der Waals surface area contributed by atoms with E-state index in [-0.39, 0.29) is 0 Å². The van der Waals surface area contributed by atoms with Crippen LogP contribution >= 0.6 is 0 Å². The quantitative estimate of drug-likeness (QED) is 0.195. The van der Waals surface area contributed by atoms with Crippen molar-refractivity contribution in [1.29, 1.82) is 0 Å². The molecule has 0 saturated heterocycles. The van der Waals surface area contributed by atoms with E-state index >= 15 is 0 Å².